The van der Waals surface area contributed by atoms with E-state index in [1.54, 1.807) is 11.3 Å². The van der Waals surface area contributed by atoms with E-state index in [0.29, 0.717) is 12.6 Å². The van der Waals surface area contributed by atoms with Crippen LogP contribution in [0.5, 0.6) is 0 Å². The van der Waals surface area contributed by atoms with Gasteiger partial charge >= 0.3 is 5.97 Å². The zero-order valence-electron chi connectivity index (χ0n) is 11.0. The smallest absolute Gasteiger partial charge is 0.309 e. The van der Waals surface area contributed by atoms with Crippen LogP contribution >= 0.6 is 11.3 Å². The van der Waals surface area contributed by atoms with Crippen LogP contribution in [0.3, 0.4) is 0 Å². The Hall–Kier alpha value is -0.870. The largest absolute Gasteiger partial charge is 0.466 e. The molecular weight excluding hydrogens is 234 g/mol. The fraction of sp³-hybridized carbons (Fsp3) is 0.615. The normalized spacial score (nSPS) is 14.6. The van der Waals surface area contributed by atoms with E-state index in [-0.39, 0.29) is 11.9 Å². The average Bonchev–Trinajstić information content (AvgIpc) is 2.81. The molecule has 0 aromatic carbocycles. The van der Waals surface area contributed by atoms with E-state index in [1.807, 2.05) is 20.9 Å². The van der Waals surface area contributed by atoms with Crippen molar-refractivity contribution >= 4 is 17.3 Å². The lowest BCUT2D eigenvalue weighted by Crippen LogP contribution is -2.31. The Morgan fingerprint density at radius 1 is 1.53 bits per heavy atom. The van der Waals surface area contributed by atoms with Crippen molar-refractivity contribution in [2.45, 2.75) is 26.8 Å². The van der Waals surface area contributed by atoms with Gasteiger partial charge in [0, 0.05) is 17.5 Å². The molecule has 2 unspecified atom stereocenters. The second-order valence-corrected chi connectivity index (χ2v) is 5.26. The van der Waals surface area contributed by atoms with Gasteiger partial charge in [0.05, 0.1) is 12.5 Å². The number of esters is 1. The molecule has 0 N–H and O–H groups in total. The number of hydrogen-bond acceptors (Lipinski definition) is 4. The first-order chi connectivity index (χ1) is 8.06. The summed E-state index contributed by atoms with van der Waals surface area (Å²) in [6.07, 6.45) is 0. The number of carbonyl (C=O) groups excluding carboxylic acids is 1. The minimum atomic E-state index is -0.113. The number of nitrogens with zero attached hydrogens (tertiary/aromatic N) is 1. The van der Waals surface area contributed by atoms with Gasteiger partial charge in [-0.1, -0.05) is 13.0 Å². The van der Waals surface area contributed by atoms with Crippen molar-refractivity contribution in [2.75, 3.05) is 20.2 Å². The molecule has 0 amide bonds. The second kappa shape index (κ2) is 6.77. The molecule has 0 aliphatic carbocycles. The summed E-state index contributed by atoms with van der Waals surface area (Å²) in [6, 6.07) is 4.52. The molecule has 0 aliphatic heterocycles. The van der Waals surface area contributed by atoms with Crippen molar-refractivity contribution in [3.05, 3.63) is 22.4 Å². The number of rotatable bonds is 6. The van der Waals surface area contributed by atoms with E-state index in [2.05, 4.69) is 29.3 Å². The first-order valence-corrected chi connectivity index (χ1v) is 6.84. The van der Waals surface area contributed by atoms with E-state index in [0.717, 1.165) is 6.54 Å². The molecule has 0 saturated heterocycles. The summed E-state index contributed by atoms with van der Waals surface area (Å²) in [5, 5.41) is 2.08. The van der Waals surface area contributed by atoms with Crippen LogP contribution in [-0.2, 0) is 9.53 Å². The van der Waals surface area contributed by atoms with E-state index in [9.17, 15) is 4.79 Å². The first-order valence-electron chi connectivity index (χ1n) is 5.96. The summed E-state index contributed by atoms with van der Waals surface area (Å²) in [6.45, 7) is 7.08. The Kier molecular flexibility index (Phi) is 5.65. The lowest BCUT2D eigenvalue weighted by atomic mass is 10.1. The fourth-order valence-electron chi connectivity index (χ4n) is 1.70. The maximum absolute atomic E-state index is 11.5. The third-order valence-corrected chi connectivity index (χ3v) is 3.91. The Bertz CT molecular complexity index is 337. The average molecular weight is 255 g/mol. The number of carbonyl (C=O) groups is 1. The Morgan fingerprint density at radius 2 is 2.24 bits per heavy atom. The van der Waals surface area contributed by atoms with Gasteiger partial charge in [0.2, 0.25) is 0 Å². The number of ether oxygens (including phenoxy) is 1. The van der Waals surface area contributed by atoms with E-state index in [4.69, 9.17) is 4.74 Å². The minimum absolute atomic E-state index is 0.0811. The molecule has 0 aliphatic rings. The zero-order chi connectivity index (χ0) is 12.8. The van der Waals surface area contributed by atoms with Gasteiger partial charge < -0.3 is 4.74 Å². The molecule has 0 saturated carbocycles. The molecule has 1 aromatic heterocycles. The fourth-order valence-corrected chi connectivity index (χ4v) is 2.54. The van der Waals surface area contributed by atoms with Crippen molar-refractivity contribution in [3.63, 3.8) is 0 Å². The van der Waals surface area contributed by atoms with Crippen LogP contribution in [0, 0.1) is 5.92 Å². The molecule has 0 radical (unpaired) electrons. The van der Waals surface area contributed by atoms with Crippen LogP contribution in [0.15, 0.2) is 17.5 Å². The predicted molar refractivity (Wildman–Crippen MR) is 71.2 cm³/mol. The second-order valence-electron chi connectivity index (χ2n) is 4.28. The topological polar surface area (TPSA) is 29.5 Å². The van der Waals surface area contributed by atoms with Crippen molar-refractivity contribution in [3.8, 4) is 0 Å². The molecule has 17 heavy (non-hydrogen) atoms. The molecule has 0 fully saturated rings. The van der Waals surface area contributed by atoms with E-state index >= 15 is 0 Å². The number of hydrogen-bond donors (Lipinski definition) is 0. The zero-order valence-corrected chi connectivity index (χ0v) is 11.8. The van der Waals surface area contributed by atoms with Crippen LogP contribution in [0.25, 0.3) is 0 Å². The Balaban J connectivity index is 2.48. The van der Waals surface area contributed by atoms with Gasteiger partial charge in [-0.3, -0.25) is 9.69 Å². The molecule has 4 heteroatoms. The summed E-state index contributed by atoms with van der Waals surface area (Å²) < 4.78 is 5.01. The van der Waals surface area contributed by atoms with Crippen LogP contribution < -0.4 is 0 Å². The molecule has 2 atom stereocenters. The van der Waals surface area contributed by atoms with Crippen LogP contribution in [-0.4, -0.2) is 31.1 Å². The van der Waals surface area contributed by atoms with Gasteiger partial charge in [-0.15, -0.1) is 11.3 Å². The SMILES string of the molecule is CCOC(=O)C(C)CN(C)C(C)c1cccs1. The number of thiophene rings is 1. The van der Waals surface area contributed by atoms with Gasteiger partial charge in [-0.05, 0) is 32.3 Å². The highest BCUT2D eigenvalue weighted by atomic mass is 32.1. The monoisotopic (exact) mass is 255 g/mol. The predicted octanol–water partition coefficient (Wildman–Crippen LogP) is 2.94. The maximum atomic E-state index is 11.5. The molecule has 96 valence electrons. The van der Waals surface area contributed by atoms with Crippen molar-refractivity contribution in [2.24, 2.45) is 5.92 Å². The Morgan fingerprint density at radius 3 is 2.76 bits per heavy atom. The minimum Gasteiger partial charge on any atom is -0.466 e. The van der Waals surface area contributed by atoms with Gasteiger partial charge in [0.25, 0.3) is 0 Å². The third kappa shape index (κ3) is 4.13. The summed E-state index contributed by atoms with van der Waals surface area (Å²) in [5.41, 5.74) is 0. The highest BCUT2D eigenvalue weighted by molar-refractivity contribution is 7.10. The van der Waals surface area contributed by atoms with Crippen molar-refractivity contribution < 1.29 is 9.53 Å². The van der Waals surface area contributed by atoms with Crippen LogP contribution in [0.1, 0.15) is 31.7 Å². The molecule has 3 nitrogen and oxygen atoms in total. The lowest BCUT2D eigenvalue weighted by molar-refractivity contribution is -0.148. The maximum Gasteiger partial charge on any atom is 0.309 e. The summed E-state index contributed by atoms with van der Waals surface area (Å²) in [4.78, 5) is 15.1. The van der Waals surface area contributed by atoms with Gasteiger partial charge in [0.15, 0.2) is 0 Å². The van der Waals surface area contributed by atoms with Crippen molar-refractivity contribution in [1.29, 1.82) is 0 Å². The van der Waals surface area contributed by atoms with Crippen LogP contribution in [0.2, 0.25) is 0 Å². The highest BCUT2D eigenvalue weighted by Gasteiger charge is 2.20. The third-order valence-electron chi connectivity index (χ3n) is 2.87. The molecule has 1 rings (SSSR count). The van der Waals surface area contributed by atoms with E-state index < -0.39 is 0 Å². The molecular formula is C13H21NO2S. The molecule has 0 bridgehead atoms. The lowest BCUT2D eigenvalue weighted by Gasteiger charge is -2.26. The van der Waals surface area contributed by atoms with E-state index in [1.165, 1.54) is 4.88 Å². The van der Waals surface area contributed by atoms with Crippen molar-refractivity contribution in [1.82, 2.24) is 4.90 Å². The van der Waals surface area contributed by atoms with Crippen LogP contribution in [0.4, 0.5) is 0 Å². The van der Waals surface area contributed by atoms with Gasteiger partial charge in [-0.2, -0.15) is 0 Å². The highest BCUT2D eigenvalue weighted by Crippen LogP contribution is 2.24. The summed E-state index contributed by atoms with van der Waals surface area (Å²) in [7, 11) is 2.04. The van der Waals surface area contributed by atoms with Gasteiger partial charge in [-0.25, -0.2) is 0 Å². The quantitative estimate of drug-likeness (QED) is 0.732. The molecule has 1 heterocycles. The standard InChI is InChI=1S/C13H21NO2S/c1-5-16-13(15)10(2)9-14(4)11(3)12-7-6-8-17-12/h6-8,10-11H,5,9H2,1-4H3. The van der Waals surface area contributed by atoms with Gasteiger partial charge in [0.1, 0.15) is 0 Å². The summed E-state index contributed by atoms with van der Waals surface area (Å²) in [5.74, 6) is -0.194. The molecule has 0 spiro atoms. The molecule has 1 aromatic rings. The first kappa shape index (κ1) is 14.2. The summed E-state index contributed by atoms with van der Waals surface area (Å²) >= 11 is 1.75. The Labute approximate surface area is 107 Å².